The summed E-state index contributed by atoms with van der Waals surface area (Å²) in [7, 11) is 1.19. The number of carbonyl (C=O) groups excluding carboxylic acids is 1. The first kappa shape index (κ1) is 24.2. The Morgan fingerprint density at radius 2 is 1.69 bits per heavy atom. The van der Waals surface area contributed by atoms with E-state index in [0.717, 1.165) is 0 Å². The van der Waals surface area contributed by atoms with Gasteiger partial charge in [-0.05, 0) is 42.5 Å². The fraction of sp³-hybridized carbons (Fsp3) is 0.120. The molecule has 35 heavy (non-hydrogen) atoms. The highest BCUT2D eigenvalue weighted by Crippen LogP contribution is 2.38. The lowest BCUT2D eigenvalue weighted by atomic mass is 10.2. The predicted octanol–water partition coefficient (Wildman–Crippen LogP) is 6.62. The molecule has 0 aliphatic carbocycles. The maximum absolute atomic E-state index is 13.8. The predicted molar refractivity (Wildman–Crippen MR) is 121 cm³/mol. The highest BCUT2D eigenvalue weighted by molar-refractivity contribution is 6.31. The first-order chi connectivity index (χ1) is 16.7. The zero-order chi connectivity index (χ0) is 25.2. The van der Waals surface area contributed by atoms with Gasteiger partial charge < -0.3 is 18.6 Å². The molecule has 0 aliphatic heterocycles. The Labute approximate surface area is 201 Å². The number of fused-ring (bicyclic) bond motifs is 1. The van der Waals surface area contributed by atoms with Crippen molar-refractivity contribution in [3.8, 4) is 17.2 Å². The van der Waals surface area contributed by atoms with Crippen molar-refractivity contribution in [2.45, 2.75) is 12.8 Å². The molecule has 3 aromatic carbocycles. The topological polar surface area (TPSA) is 75.0 Å². The fourth-order valence-electron chi connectivity index (χ4n) is 3.20. The van der Waals surface area contributed by atoms with Gasteiger partial charge in [0.1, 0.15) is 23.7 Å². The van der Waals surface area contributed by atoms with E-state index in [2.05, 4.69) is 4.74 Å². The van der Waals surface area contributed by atoms with Crippen LogP contribution in [0.1, 0.15) is 21.7 Å². The summed E-state index contributed by atoms with van der Waals surface area (Å²) in [5, 5.41) is 0.338. The second-order valence-electron chi connectivity index (χ2n) is 7.24. The van der Waals surface area contributed by atoms with Crippen LogP contribution < -0.4 is 14.9 Å². The monoisotopic (exact) mass is 504 g/mol. The van der Waals surface area contributed by atoms with Crippen molar-refractivity contribution < 1.29 is 36.6 Å². The fourth-order valence-corrected chi connectivity index (χ4v) is 3.39. The quantitative estimate of drug-likeness (QED) is 0.275. The smallest absolute Gasteiger partial charge is 0.453 e. The lowest BCUT2D eigenvalue weighted by Crippen LogP contribution is -2.15. The minimum absolute atomic E-state index is 0.0598. The van der Waals surface area contributed by atoms with Crippen LogP contribution in [0.3, 0.4) is 0 Å². The van der Waals surface area contributed by atoms with E-state index < -0.39 is 29.1 Å². The summed E-state index contributed by atoms with van der Waals surface area (Å²) in [6.07, 6.45) is -5.02. The molecule has 180 valence electrons. The number of carbonyl (C=O) groups is 1. The average molecular weight is 505 g/mol. The molecule has 0 N–H and O–H groups in total. The maximum atomic E-state index is 13.8. The Kier molecular flexibility index (Phi) is 6.70. The minimum Gasteiger partial charge on any atom is -0.489 e. The number of rotatable bonds is 6. The zero-order valence-corrected chi connectivity index (χ0v) is 18.8. The molecule has 10 heteroatoms. The van der Waals surface area contributed by atoms with Gasteiger partial charge >= 0.3 is 12.1 Å². The zero-order valence-electron chi connectivity index (χ0n) is 18.0. The molecule has 0 spiro atoms. The van der Waals surface area contributed by atoms with Crippen LogP contribution in [0.4, 0.5) is 13.2 Å². The second-order valence-corrected chi connectivity index (χ2v) is 7.65. The van der Waals surface area contributed by atoms with E-state index in [1.54, 1.807) is 24.3 Å². The van der Waals surface area contributed by atoms with E-state index in [-0.39, 0.29) is 34.6 Å². The van der Waals surface area contributed by atoms with Gasteiger partial charge in [-0.15, -0.1) is 0 Å². The molecule has 1 aromatic heterocycles. The van der Waals surface area contributed by atoms with E-state index in [1.165, 1.54) is 49.6 Å². The van der Waals surface area contributed by atoms with Gasteiger partial charge in [0.05, 0.1) is 18.1 Å². The molecular weight excluding hydrogens is 489 g/mol. The SMILES string of the molecule is COC(=O)c1ccc(Oc2c(C(F)(F)F)oc3cc(OCc4ccccc4Cl)ccc3c2=O)cc1. The average Bonchev–Trinajstić information content (AvgIpc) is 2.84. The standard InChI is InChI=1S/C25H16ClF3O6/c1-32-24(31)14-6-8-16(9-7-14)34-22-21(30)18-11-10-17(12-20(18)35-23(22)25(27,28)29)33-13-15-4-2-3-5-19(15)26/h2-12H,13H2,1H3. The second kappa shape index (κ2) is 9.71. The van der Waals surface area contributed by atoms with E-state index in [0.29, 0.717) is 10.6 Å². The first-order valence-electron chi connectivity index (χ1n) is 10.1. The molecule has 6 nitrogen and oxygen atoms in total. The van der Waals surface area contributed by atoms with E-state index in [4.69, 9.17) is 25.5 Å². The van der Waals surface area contributed by atoms with Crippen molar-refractivity contribution in [3.63, 3.8) is 0 Å². The molecule has 1 heterocycles. The number of esters is 1. The van der Waals surface area contributed by atoms with Crippen molar-refractivity contribution >= 4 is 28.5 Å². The number of alkyl halides is 3. The van der Waals surface area contributed by atoms with Gasteiger partial charge in [0.15, 0.2) is 0 Å². The number of benzene rings is 3. The Bertz CT molecular complexity index is 1440. The number of halogens is 4. The minimum atomic E-state index is -5.02. The van der Waals surface area contributed by atoms with E-state index >= 15 is 0 Å². The Morgan fingerprint density at radius 3 is 2.34 bits per heavy atom. The third kappa shape index (κ3) is 5.25. The summed E-state index contributed by atoms with van der Waals surface area (Å²) in [4.78, 5) is 24.5. The molecule has 4 rings (SSSR count). The summed E-state index contributed by atoms with van der Waals surface area (Å²) in [6, 6.07) is 15.9. The molecule has 0 bridgehead atoms. The van der Waals surface area contributed by atoms with Crippen LogP contribution in [-0.2, 0) is 17.5 Å². The molecular formula is C25H16ClF3O6. The summed E-state index contributed by atoms with van der Waals surface area (Å²) in [5.74, 6) is -3.18. The van der Waals surface area contributed by atoms with Gasteiger partial charge in [-0.1, -0.05) is 29.8 Å². The van der Waals surface area contributed by atoms with Crippen LogP contribution in [0, 0.1) is 0 Å². The molecule has 0 fully saturated rings. The molecule has 0 radical (unpaired) electrons. The molecule has 0 atom stereocenters. The molecule has 0 saturated heterocycles. The Hall–Kier alpha value is -3.98. The highest BCUT2D eigenvalue weighted by Gasteiger charge is 2.40. The van der Waals surface area contributed by atoms with Gasteiger partial charge in [-0.2, -0.15) is 13.2 Å². The van der Waals surface area contributed by atoms with Gasteiger partial charge in [-0.3, -0.25) is 4.79 Å². The van der Waals surface area contributed by atoms with Crippen LogP contribution in [-0.4, -0.2) is 13.1 Å². The number of methoxy groups -OCH3 is 1. The maximum Gasteiger partial charge on any atom is 0.453 e. The van der Waals surface area contributed by atoms with Crippen molar-refractivity contribution in [2.75, 3.05) is 7.11 Å². The number of hydrogen-bond acceptors (Lipinski definition) is 6. The van der Waals surface area contributed by atoms with E-state index in [1.807, 2.05) is 0 Å². The highest BCUT2D eigenvalue weighted by atomic mass is 35.5. The number of hydrogen-bond donors (Lipinski definition) is 0. The summed E-state index contributed by atoms with van der Waals surface area (Å²) >= 11 is 6.09. The number of ether oxygens (including phenoxy) is 3. The summed E-state index contributed by atoms with van der Waals surface area (Å²) in [5.41, 5.74) is -0.514. The Balaban J connectivity index is 1.69. The third-order valence-corrected chi connectivity index (χ3v) is 5.30. The van der Waals surface area contributed by atoms with Crippen LogP contribution in [0.2, 0.25) is 5.02 Å². The molecule has 4 aromatic rings. The first-order valence-corrected chi connectivity index (χ1v) is 10.5. The van der Waals surface area contributed by atoms with Gasteiger partial charge in [0.2, 0.25) is 11.2 Å². The molecule has 0 unspecified atom stereocenters. The third-order valence-electron chi connectivity index (χ3n) is 4.93. The Morgan fingerprint density at radius 1 is 1.00 bits per heavy atom. The summed E-state index contributed by atoms with van der Waals surface area (Å²) in [6.45, 7) is 0.0598. The summed E-state index contributed by atoms with van der Waals surface area (Å²) < 4.78 is 61.8. The van der Waals surface area contributed by atoms with Crippen molar-refractivity contribution in [2.24, 2.45) is 0 Å². The molecule has 0 saturated carbocycles. The van der Waals surface area contributed by atoms with Crippen LogP contribution >= 0.6 is 11.6 Å². The van der Waals surface area contributed by atoms with Gasteiger partial charge in [-0.25, -0.2) is 4.79 Å². The van der Waals surface area contributed by atoms with Gasteiger partial charge in [0, 0.05) is 16.7 Å². The normalized spacial score (nSPS) is 11.3. The lowest BCUT2D eigenvalue weighted by Gasteiger charge is -2.14. The largest absolute Gasteiger partial charge is 0.489 e. The van der Waals surface area contributed by atoms with Crippen molar-refractivity contribution in [3.05, 3.63) is 98.9 Å². The van der Waals surface area contributed by atoms with Crippen LogP contribution in [0.5, 0.6) is 17.2 Å². The van der Waals surface area contributed by atoms with Crippen molar-refractivity contribution in [1.29, 1.82) is 0 Å². The van der Waals surface area contributed by atoms with Gasteiger partial charge in [0.25, 0.3) is 5.76 Å². The van der Waals surface area contributed by atoms with Crippen molar-refractivity contribution in [1.82, 2.24) is 0 Å². The molecule has 0 aliphatic rings. The molecule has 0 amide bonds. The van der Waals surface area contributed by atoms with Crippen LogP contribution in [0.15, 0.2) is 75.9 Å². The lowest BCUT2D eigenvalue weighted by molar-refractivity contribution is -0.154. The van der Waals surface area contributed by atoms with Crippen LogP contribution in [0.25, 0.3) is 11.0 Å². The van der Waals surface area contributed by atoms with E-state index in [9.17, 15) is 22.8 Å².